The fourth-order valence-electron chi connectivity index (χ4n) is 2.66. The van der Waals surface area contributed by atoms with Gasteiger partial charge in [-0.1, -0.05) is 71.2 Å². The molecular formula is C24H15Cl3O3. The van der Waals surface area contributed by atoms with Crippen molar-refractivity contribution in [1.82, 2.24) is 0 Å². The Morgan fingerprint density at radius 3 is 1.33 bits per heavy atom. The third-order valence-electron chi connectivity index (χ3n) is 4.09. The summed E-state index contributed by atoms with van der Waals surface area (Å²) >= 11 is 18.7. The molecular weight excluding hydrogens is 443 g/mol. The molecule has 0 unspecified atom stereocenters. The average molecular weight is 458 g/mol. The van der Waals surface area contributed by atoms with E-state index in [2.05, 4.69) is 0 Å². The van der Waals surface area contributed by atoms with Gasteiger partial charge in [0, 0.05) is 6.07 Å². The molecule has 0 N–H and O–H groups in total. The Balaban J connectivity index is 1.70. The largest absolute Gasteiger partial charge is 0.456 e. The van der Waals surface area contributed by atoms with Gasteiger partial charge in [0.15, 0.2) is 11.5 Å². The van der Waals surface area contributed by atoms with Crippen molar-refractivity contribution in [3.63, 3.8) is 0 Å². The Labute approximate surface area is 189 Å². The molecule has 0 spiro atoms. The minimum Gasteiger partial charge on any atom is -0.456 e. The fraction of sp³-hybridized carbons (Fsp3) is 0. The Kier molecular flexibility index (Phi) is 6.34. The smallest absolute Gasteiger partial charge is 0.173 e. The second kappa shape index (κ2) is 9.31. The molecule has 0 atom stereocenters. The van der Waals surface area contributed by atoms with Crippen LogP contribution in [0, 0.1) is 0 Å². The summed E-state index contributed by atoms with van der Waals surface area (Å²) in [6.07, 6.45) is 0. The lowest BCUT2D eigenvalue weighted by Gasteiger charge is -2.15. The van der Waals surface area contributed by atoms with Crippen molar-refractivity contribution in [2.45, 2.75) is 0 Å². The van der Waals surface area contributed by atoms with Crippen molar-refractivity contribution in [3.05, 3.63) is 106 Å². The first-order valence-electron chi connectivity index (χ1n) is 9.01. The number of rotatable bonds is 6. The highest BCUT2D eigenvalue weighted by molar-refractivity contribution is 6.32. The predicted octanol–water partition coefficient (Wildman–Crippen LogP) is 9.02. The highest BCUT2D eigenvalue weighted by Gasteiger charge is 2.14. The minimum atomic E-state index is 0.410. The van der Waals surface area contributed by atoms with Gasteiger partial charge in [-0.15, -0.1) is 0 Å². The van der Waals surface area contributed by atoms with Crippen LogP contribution in [0.1, 0.15) is 0 Å². The Morgan fingerprint density at radius 1 is 0.400 bits per heavy atom. The molecule has 4 aromatic carbocycles. The molecule has 150 valence electrons. The van der Waals surface area contributed by atoms with Crippen LogP contribution in [0.25, 0.3) is 0 Å². The van der Waals surface area contributed by atoms with Gasteiger partial charge in [-0.2, -0.15) is 0 Å². The summed E-state index contributed by atoms with van der Waals surface area (Å²) in [6.45, 7) is 0. The number of halogens is 3. The summed E-state index contributed by atoms with van der Waals surface area (Å²) in [4.78, 5) is 0. The molecule has 0 aliphatic heterocycles. The Bertz CT molecular complexity index is 1180. The predicted molar refractivity (Wildman–Crippen MR) is 121 cm³/mol. The van der Waals surface area contributed by atoms with Crippen LogP contribution in [-0.2, 0) is 0 Å². The van der Waals surface area contributed by atoms with E-state index in [4.69, 9.17) is 49.0 Å². The summed E-state index contributed by atoms with van der Waals surface area (Å²) < 4.78 is 18.0. The summed E-state index contributed by atoms with van der Waals surface area (Å²) in [6, 6.07) is 26.8. The van der Waals surface area contributed by atoms with E-state index in [0.29, 0.717) is 49.6 Å². The molecule has 6 heteroatoms. The summed E-state index contributed by atoms with van der Waals surface area (Å²) in [5.74, 6) is 2.91. The lowest BCUT2D eigenvalue weighted by Crippen LogP contribution is -1.93. The Morgan fingerprint density at radius 2 is 0.833 bits per heavy atom. The van der Waals surface area contributed by atoms with E-state index in [-0.39, 0.29) is 0 Å². The quantitative estimate of drug-likeness (QED) is 0.289. The second-order valence-electron chi connectivity index (χ2n) is 6.21. The van der Waals surface area contributed by atoms with Gasteiger partial charge in [0.1, 0.15) is 23.0 Å². The molecule has 0 saturated carbocycles. The first-order chi connectivity index (χ1) is 14.6. The van der Waals surface area contributed by atoms with E-state index < -0.39 is 0 Å². The van der Waals surface area contributed by atoms with Gasteiger partial charge in [-0.25, -0.2) is 0 Å². The lowest BCUT2D eigenvalue weighted by molar-refractivity contribution is 0.412. The zero-order valence-electron chi connectivity index (χ0n) is 15.5. The maximum Gasteiger partial charge on any atom is 0.173 e. The van der Waals surface area contributed by atoms with Crippen molar-refractivity contribution in [2.75, 3.05) is 0 Å². The molecule has 0 heterocycles. The van der Waals surface area contributed by atoms with E-state index in [1.54, 1.807) is 54.6 Å². The second-order valence-corrected chi connectivity index (χ2v) is 7.43. The molecule has 4 aromatic rings. The average Bonchev–Trinajstić information content (AvgIpc) is 2.75. The molecule has 0 aromatic heterocycles. The van der Waals surface area contributed by atoms with Crippen molar-refractivity contribution in [3.8, 4) is 34.5 Å². The van der Waals surface area contributed by atoms with Gasteiger partial charge in [0.25, 0.3) is 0 Å². The maximum absolute atomic E-state index is 6.27. The highest BCUT2D eigenvalue weighted by Crippen LogP contribution is 2.42. The topological polar surface area (TPSA) is 27.7 Å². The van der Waals surface area contributed by atoms with Crippen LogP contribution in [0.2, 0.25) is 15.1 Å². The zero-order chi connectivity index (χ0) is 20.9. The molecule has 0 aliphatic carbocycles. The molecule has 3 nitrogen and oxygen atoms in total. The van der Waals surface area contributed by atoms with Gasteiger partial charge < -0.3 is 14.2 Å². The van der Waals surface area contributed by atoms with Gasteiger partial charge in [0.2, 0.25) is 0 Å². The van der Waals surface area contributed by atoms with E-state index in [1.165, 1.54) is 0 Å². The molecule has 4 rings (SSSR count). The summed E-state index contributed by atoms with van der Waals surface area (Å²) in [5, 5.41) is 1.46. The SMILES string of the molecule is Clc1ccccc1Oc1ccc(Oc2ccccc2Cl)c(Oc2ccccc2Cl)c1. The standard InChI is InChI=1S/C24H15Cl3O3/c25-17-7-1-4-10-20(17)28-16-13-14-23(29-21-11-5-2-8-18(21)26)24(15-16)30-22-12-6-3-9-19(22)27/h1-15H. The van der Waals surface area contributed by atoms with Gasteiger partial charge in [-0.3, -0.25) is 0 Å². The number of ether oxygens (including phenoxy) is 3. The number of benzene rings is 4. The number of hydrogen-bond donors (Lipinski definition) is 0. The van der Waals surface area contributed by atoms with Gasteiger partial charge in [-0.05, 0) is 48.5 Å². The van der Waals surface area contributed by atoms with Crippen LogP contribution in [0.3, 0.4) is 0 Å². The van der Waals surface area contributed by atoms with Crippen LogP contribution in [0.4, 0.5) is 0 Å². The monoisotopic (exact) mass is 456 g/mol. The lowest BCUT2D eigenvalue weighted by atomic mass is 10.2. The fourth-order valence-corrected chi connectivity index (χ4v) is 3.19. The normalized spacial score (nSPS) is 10.5. The molecule has 0 amide bonds. The first kappa shape index (κ1) is 20.4. The molecule has 0 radical (unpaired) electrons. The maximum atomic E-state index is 6.27. The van der Waals surface area contributed by atoms with Crippen LogP contribution in [-0.4, -0.2) is 0 Å². The van der Waals surface area contributed by atoms with Crippen LogP contribution >= 0.6 is 34.8 Å². The Hall–Kier alpha value is -2.85. The van der Waals surface area contributed by atoms with Crippen molar-refractivity contribution in [1.29, 1.82) is 0 Å². The summed E-state index contributed by atoms with van der Waals surface area (Å²) in [5.41, 5.74) is 0. The summed E-state index contributed by atoms with van der Waals surface area (Å²) in [7, 11) is 0. The molecule has 0 saturated heterocycles. The van der Waals surface area contributed by atoms with E-state index in [1.807, 2.05) is 36.4 Å². The third-order valence-corrected chi connectivity index (χ3v) is 5.03. The van der Waals surface area contributed by atoms with Crippen molar-refractivity contribution < 1.29 is 14.2 Å². The third kappa shape index (κ3) is 4.82. The van der Waals surface area contributed by atoms with Crippen LogP contribution < -0.4 is 14.2 Å². The highest BCUT2D eigenvalue weighted by atomic mass is 35.5. The van der Waals surface area contributed by atoms with Gasteiger partial charge in [0.05, 0.1) is 15.1 Å². The molecule has 0 fully saturated rings. The van der Waals surface area contributed by atoms with E-state index in [9.17, 15) is 0 Å². The first-order valence-corrected chi connectivity index (χ1v) is 10.1. The van der Waals surface area contributed by atoms with Crippen LogP contribution in [0.5, 0.6) is 34.5 Å². The van der Waals surface area contributed by atoms with Crippen LogP contribution in [0.15, 0.2) is 91.0 Å². The number of hydrogen-bond acceptors (Lipinski definition) is 3. The number of para-hydroxylation sites is 3. The van der Waals surface area contributed by atoms with E-state index >= 15 is 0 Å². The van der Waals surface area contributed by atoms with E-state index in [0.717, 1.165) is 0 Å². The molecule has 0 aliphatic rings. The zero-order valence-corrected chi connectivity index (χ0v) is 17.8. The molecule has 0 bridgehead atoms. The van der Waals surface area contributed by atoms with Gasteiger partial charge >= 0.3 is 0 Å². The van der Waals surface area contributed by atoms with Crippen molar-refractivity contribution >= 4 is 34.8 Å². The minimum absolute atomic E-state index is 0.410. The van der Waals surface area contributed by atoms with Crippen molar-refractivity contribution in [2.24, 2.45) is 0 Å². The molecule has 30 heavy (non-hydrogen) atoms.